The Morgan fingerprint density at radius 1 is 1.33 bits per heavy atom. The molecule has 0 radical (unpaired) electrons. The molecule has 0 amide bonds. The fourth-order valence-corrected chi connectivity index (χ4v) is 1.18. The van der Waals surface area contributed by atoms with Crippen molar-refractivity contribution in [3.05, 3.63) is 35.9 Å². The predicted octanol–water partition coefficient (Wildman–Crippen LogP) is 2.42. The maximum atomic E-state index is 11.5. The zero-order valence-corrected chi connectivity index (χ0v) is 8.51. The molecule has 0 unspecified atom stereocenters. The topological polar surface area (TPSA) is 51.0 Å². The summed E-state index contributed by atoms with van der Waals surface area (Å²) < 4.78 is 5.09. The summed E-state index contributed by atoms with van der Waals surface area (Å²) >= 11 is 0. The van der Waals surface area contributed by atoms with Crippen LogP contribution in [-0.4, -0.2) is 18.2 Å². The lowest BCUT2D eigenvalue weighted by molar-refractivity contribution is 0.0490. The van der Waals surface area contributed by atoms with Crippen molar-refractivity contribution < 1.29 is 9.53 Å². The molecule has 4 heteroatoms. The van der Waals surface area contributed by atoms with E-state index in [0.29, 0.717) is 18.6 Å². The molecular weight excluding hydrogens is 192 g/mol. The molecule has 78 valence electrons. The lowest BCUT2D eigenvalue weighted by Crippen LogP contribution is -2.12. The molecule has 0 saturated carbocycles. The Balaban J connectivity index is 1.78. The average Bonchev–Trinajstić information content (AvgIpc) is 2.98. The van der Waals surface area contributed by atoms with E-state index in [1.165, 1.54) is 0 Å². The molecular formula is C11H12N2O2. The van der Waals surface area contributed by atoms with Crippen LogP contribution in [-0.2, 0) is 4.74 Å². The Morgan fingerprint density at radius 3 is 2.60 bits per heavy atom. The van der Waals surface area contributed by atoms with Gasteiger partial charge in [-0.1, -0.05) is 18.2 Å². The van der Waals surface area contributed by atoms with E-state index in [4.69, 9.17) is 4.74 Å². The van der Waals surface area contributed by atoms with Gasteiger partial charge < -0.3 is 4.74 Å². The molecule has 0 bridgehead atoms. The van der Waals surface area contributed by atoms with Crippen LogP contribution >= 0.6 is 0 Å². The van der Waals surface area contributed by atoms with Gasteiger partial charge in [0.25, 0.3) is 0 Å². The van der Waals surface area contributed by atoms with Gasteiger partial charge in [-0.2, -0.15) is 10.2 Å². The summed E-state index contributed by atoms with van der Waals surface area (Å²) in [6.07, 6.45) is 0.658. The van der Waals surface area contributed by atoms with Gasteiger partial charge in [0, 0.05) is 6.42 Å². The van der Waals surface area contributed by atoms with Crippen LogP contribution in [0, 0.1) is 0 Å². The third kappa shape index (κ3) is 2.62. The SMILES string of the molecule is CC1(CCOC(=O)c2ccccc2)N=N1. The van der Waals surface area contributed by atoms with Crippen LogP contribution < -0.4 is 0 Å². The number of esters is 1. The number of benzene rings is 1. The first-order valence-corrected chi connectivity index (χ1v) is 4.86. The van der Waals surface area contributed by atoms with Crippen LogP contribution in [0.15, 0.2) is 40.6 Å². The van der Waals surface area contributed by atoms with Gasteiger partial charge in [-0.05, 0) is 19.1 Å². The lowest BCUT2D eigenvalue weighted by Gasteiger charge is -2.05. The molecule has 0 aliphatic carbocycles. The fourth-order valence-electron chi connectivity index (χ4n) is 1.18. The van der Waals surface area contributed by atoms with E-state index in [0.717, 1.165) is 0 Å². The normalized spacial score (nSPS) is 16.1. The smallest absolute Gasteiger partial charge is 0.338 e. The minimum Gasteiger partial charge on any atom is -0.462 e. The number of hydrogen-bond donors (Lipinski definition) is 0. The van der Waals surface area contributed by atoms with Crippen molar-refractivity contribution >= 4 is 5.97 Å². The van der Waals surface area contributed by atoms with E-state index >= 15 is 0 Å². The maximum Gasteiger partial charge on any atom is 0.338 e. The van der Waals surface area contributed by atoms with Gasteiger partial charge in [0.1, 0.15) is 0 Å². The van der Waals surface area contributed by atoms with Gasteiger partial charge in [0.05, 0.1) is 12.2 Å². The van der Waals surface area contributed by atoms with Crippen molar-refractivity contribution in [3.8, 4) is 0 Å². The summed E-state index contributed by atoms with van der Waals surface area (Å²) in [6.45, 7) is 2.26. The second kappa shape index (κ2) is 3.81. The molecule has 15 heavy (non-hydrogen) atoms. The number of hydrogen-bond acceptors (Lipinski definition) is 4. The first kappa shape index (κ1) is 9.83. The van der Waals surface area contributed by atoms with Crippen molar-refractivity contribution in [2.45, 2.75) is 19.0 Å². The van der Waals surface area contributed by atoms with E-state index in [1.807, 2.05) is 25.1 Å². The van der Waals surface area contributed by atoms with E-state index in [9.17, 15) is 4.79 Å². The molecule has 0 N–H and O–H groups in total. The molecule has 1 heterocycles. The van der Waals surface area contributed by atoms with Crippen molar-refractivity contribution in [1.82, 2.24) is 0 Å². The van der Waals surface area contributed by atoms with E-state index in [1.54, 1.807) is 12.1 Å². The minimum atomic E-state index is -0.295. The van der Waals surface area contributed by atoms with Gasteiger partial charge >= 0.3 is 5.97 Å². The quantitative estimate of drug-likeness (QED) is 0.707. The molecule has 0 spiro atoms. The van der Waals surface area contributed by atoms with Crippen molar-refractivity contribution in [2.24, 2.45) is 10.2 Å². The summed E-state index contributed by atoms with van der Waals surface area (Å²) in [5.74, 6) is -0.292. The first-order chi connectivity index (χ1) is 7.20. The van der Waals surface area contributed by atoms with Gasteiger partial charge in [-0.15, -0.1) is 0 Å². The summed E-state index contributed by atoms with van der Waals surface area (Å²) in [5, 5.41) is 7.68. The largest absolute Gasteiger partial charge is 0.462 e. The van der Waals surface area contributed by atoms with E-state index in [-0.39, 0.29) is 11.6 Å². The third-order valence-electron chi connectivity index (χ3n) is 2.26. The van der Waals surface area contributed by atoms with Gasteiger partial charge in [-0.25, -0.2) is 4.79 Å². The number of carbonyl (C=O) groups excluding carboxylic acids is 1. The van der Waals surface area contributed by atoms with E-state index in [2.05, 4.69) is 10.2 Å². The Morgan fingerprint density at radius 2 is 2.00 bits per heavy atom. The standard InChI is InChI=1S/C11H12N2O2/c1-11(12-13-11)7-8-15-10(14)9-5-3-2-4-6-9/h2-6H,7-8H2,1H3. The summed E-state index contributed by atoms with van der Waals surface area (Å²) in [6, 6.07) is 8.94. The number of nitrogens with zero attached hydrogens (tertiary/aromatic N) is 2. The van der Waals surface area contributed by atoms with Crippen LogP contribution in [0.5, 0.6) is 0 Å². The third-order valence-corrected chi connectivity index (χ3v) is 2.26. The van der Waals surface area contributed by atoms with Crippen molar-refractivity contribution in [2.75, 3.05) is 6.61 Å². The molecule has 1 aromatic rings. The van der Waals surface area contributed by atoms with Crippen molar-refractivity contribution in [3.63, 3.8) is 0 Å². The first-order valence-electron chi connectivity index (χ1n) is 4.86. The summed E-state index contributed by atoms with van der Waals surface area (Å²) in [4.78, 5) is 11.5. The monoisotopic (exact) mass is 204 g/mol. The zero-order chi connectivity index (χ0) is 10.7. The lowest BCUT2D eigenvalue weighted by atomic mass is 10.2. The molecule has 0 saturated heterocycles. The molecule has 1 aromatic carbocycles. The van der Waals surface area contributed by atoms with Gasteiger partial charge in [0.15, 0.2) is 5.66 Å². The fraction of sp³-hybridized carbons (Fsp3) is 0.364. The van der Waals surface area contributed by atoms with Gasteiger partial charge in [0.2, 0.25) is 0 Å². The second-order valence-corrected chi connectivity index (χ2v) is 3.67. The maximum absolute atomic E-state index is 11.5. The Kier molecular flexibility index (Phi) is 2.49. The number of ether oxygens (including phenoxy) is 1. The highest BCUT2D eigenvalue weighted by atomic mass is 16.5. The zero-order valence-electron chi connectivity index (χ0n) is 8.51. The van der Waals surface area contributed by atoms with Gasteiger partial charge in [-0.3, -0.25) is 0 Å². The number of carbonyl (C=O) groups is 1. The predicted molar refractivity (Wildman–Crippen MR) is 54.6 cm³/mol. The molecule has 4 nitrogen and oxygen atoms in total. The molecule has 1 aliphatic rings. The second-order valence-electron chi connectivity index (χ2n) is 3.67. The Hall–Kier alpha value is -1.71. The highest BCUT2D eigenvalue weighted by Crippen LogP contribution is 2.30. The molecule has 0 atom stereocenters. The van der Waals surface area contributed by atoms with E-state index < -0.39 is 0 Å². The highest BCUT2D eigenvalue weighted by Gasteiger charge is 2.33. The minimum absolute atomic E-state index is 0.292. The highest BCUT2D eigenvalue weighted by molar-refractivity contribution is 5.89. The molecule has 0 fully saturated rings. The Bertz CT molecular complexity index is 381. The van der Waals surface area contributed by atoms with Crippen LogP contribution in [0.1, 0.15) is 23.7 Å². The molecule has 1 aliphatic heterocycles. The van der Waals surface area contributed by atoms with Crippen LogP contribution in [0.25, 0.3) is 0 Å². The van der Waals surface area contributed by atoms with Crippen LogP contribution in [0.4, 0.5) is 0 Å². The van der Waals surface area contributed by atoms with Crippen molar-refractivity contribution in [1.29, 1.82) is 0 Å². The molecule has 0 aromatic heterocycles. The summed E-state index contributed by atoms with van der Waals surface area (Å²) in [5.41, 5.74) is 0.282. The number of rotatable bonds is 4. The average molecular weight is 204 g/mol. The van der Waals surface area contributed by atoms with Crippen LogP contribution in [0.3, 0.4) is 0 Å². The van der Waals surface area contributed by atoms with Crippen LogP contribution in [0.2, 0.25) is 0 Å². The molecule has 2 rings (SSSR count). The summed E-state index contributed by atoms with van der Waals surface area (Å²) in [7, 11) is 0. The Labute approximate surface area is 88.0 Å².